The number of carbonyl (C=O) groups is 1. The average molecular weight is 352 g/mol. The number of rotatable bonds is 6. The molecule has 1 saturated carbocycles. The van der Waals surface area contributed by atoms with Gasteiger partial charge in [0, 0.05) is 25.9 Å². The van der Waals surface area contributed by atoms with Crippen LogP contribution < -0.4 is 0 Å². The number of hydrogen-bond acceptors (Lipinski definition) is 3. The van der Waals surface area contributed by atoms with Gasteiger partial charge >= 0.3 is 0 Å². The molecule has 5 nitrogen and oxygen atoms in total. The van der Waals surface area contributed by atoms with Gasteiger partial charge in [0.15, 0.2) is 0 Å². The van der Waals surface area contributed by atoms with Gasteiger partial charge in [0.2, 0.25) is 5.91 Å². The highest BCUT2D eigenvalue weighted by Gasteiger charge is 2.29. The highest BCUT2D eigenvalue weighted by Crippen LogP contribution is 2.29. The van der Waals surface area contributed by atoms with Crippen LogP contribution in [0.3, 0.4) is 0 Å². The maximum Gasteiger partial charge on any atom is 0.222 e. The number of likely N-dealkylation sites (tertiary alicyclic amines) is 1. The van der Waals surface area contributed by atoms with Gasteiger partial charge < -0.3 is 9.47 Å². The Kier molecular flexibility index (Phi) is 5.32. The Hall–Kier alpha value is -2.17. The largest absolute Gasteiger partial charge is 0.342 e. The SMILES string of the molecule is O=C(CC1CCCC1)N1CCC(Cc2nncn2Cc2ccccc2)C1. The summed E-state index contributed by atoms with van der Waals surface area (Å²) in [5, 5.41) is 8.45. The summed E-state index contributed by atoms with van der Waals surface area (Å²) in [6.45, 7) is 2.59. The molecule has 0 radical (unpaired) electrons. The monoisotopic (exact) mass is 352 g/mol. The Labute approximate surface area is 155 Å². The topological polar surface area (TPSA) is 51.0 Å². The molecule has 1 atom stereocenters. The Bertz CT molecular complexity index is 721. The van der Waals surface area contributed by atoms with E-state index in [0.717, 1.165) is 44.7 Å². The van der Waals surface area contributed by atoms with Crippen LogP contribution in [0.25, 0.3) is 0 Å². The molecule has 1 unspecified atom stereocenters. The quantitative estimate of drug-likeness (QED) is 0.801. The van der Waals surface area contributed by atoms with Crippen molar-refractivity contribution in [3.63, 3.8) is 0 Å². The Balaban J connectivity index is 1.31. The zero-order chi connectivity index (χ0) is 17.8. The highest BCUT2D eigenvalue weighted by atomic mass is 16.2. The van der Waals surface area contributed by atoms with Crippen molar-refractivity contribution in [2.75, 3.05) is 13.1 Å². The lowest BCUT2D eigenvalue weighted by Gasteiger charge is -2.19. The van der Waals surface area contributed by atoms with E-state index in [4.69, 9.17) is 0 Å². The van der Waals surface area contributed by atoms with E-state index >= 15 is 0 Å². The maximum atomic E-state index is 12.6. The van der Waals surface area contributed by atoms with Crippen LogP contribution >= 0.6 is 0 Å². The van der Waals surface area contributed by atoms with Gasteiger partial charge in [-0.05, 0) is 36.7 Å². The molecule has 1 aliphatic heterocycles. The number of amides is 1. The molecule has 0 bridgehead atoms. The third kappa shape index (κ3) is 4.14. The van der Waals surface area contributed by atoms with Crippen molar-refractivity contribution in [2.45, 2.75) is 51.5 Å². The second-order valence-corrected chi connectivity index (χ2v) is 7.91. The van der Waals surface area contributed by atoms with Gasteiger partial charge in [0.05, 0.1) is 6.54 Å². The molecule has 1 saturated heterocycles. The molecule has 138 valence electrons. The average Bonchev–Trinajstić information content (AvgIpc) is 3.40. The fourth-order valence-electron chi connectivity index (χ4n) is 4.42. The number of benzene rings is 1. The van der Waals surface area contributed by atoms with Crippen LogP contribution in [0.2, 0.25) is 0 Å². The summed E-state index contributed by atoms with van der Waals surface area (Å²) in [7, 11) is 0. The molecule has 1 aromatic heterocycles. The van der Waals surface area contributed by atoms with E-state index in [0.29, 0.717) is 17.7 Å². The van der Waals surface area contributed by atoms with Gasteiger partial charge in [-0.15, -0.1) is 10.2 Å². The van der Waals surface area contributed by atoms with Crippen LogP contribution in [0, 0.1) is 11.8 Å². The number of hydrogen-bond donors (Lipinski definition) is 0. The van der Waals surface area contributed by atoms with E-state index in [1.54, 1.807) is 0 Å². The second-order valence-electron chi connectivity index (χ2n) is 7.91. The van der Waals surface area contributed by atoms with Gasteiger partial charge in [0.1, 0.15) is 12.2 Å². The molecule has 2 heterocycles. The molecule has 1 aromatic carbocycles. The van der Waals surface area contributed by atoms with E-state index < -0.39 is 0 Å². The summed E-state index contributed by atoms with van der Waals surface area (Å²) in [6.07, 6.45) is 9.65. The maximum absolute atomic E-state index is 12.6. The molecule has 1 amide bonds. The van der Waals surface area contributed by atoms with E-state index in [1.807, 2.05) is 12.4 Å². The first-order chi connectivity index (χ1) is 12.8. The zero-order valence-electron chi connectivity index (χ0n) is 15.4. The standard InChI is InChI=1S/C21H28N4O/c26-21(13-17-6-4-5-7-17)24-11-10-19(15-24)12-20-23-22-16-25(20)14-18-8-2-1-3-9-18/h1-3,8-9,16-17,19H,4-7,10-15H2. The molecular formula is C21H28N4O. The van der Waals surface area contributed by atoms with Gasteiger partial charge in [-0.3, -0.25) is 4.79 Å². The molecule has 2 aromatic rings. The summed E-state index contributed by atoms with van der Waals surface area (Å²) in [6, 6.07) is 10.4. The lowest BCUT2D eigenvalue weighted by molar-refractivity contribution is -0.131. The molecule has 26 heavy (non-hydrogen) atoms. The predicted molar refractivity (Wildman–Crippen MR) is 101 cm³/mol. The van der Waals surface area contributed by atoms with Gasteiger partial charge in [0.25, 0.3) is 0 Å². The van der Waals surface area contributed by atoms with Crippen molar-refractivity contribution >= 4 is 5.91 Å². The minimum absolute atomic E-state index is 0.366. The van der Waals surface area contributed by atoms with Crippen LogP contribution in [-0.4, -0.2) is 38.7 Å². The molecule has 1 aliphatic carbocycles. The fourth-order valence-corrected chi connectivity index (χ4v) is 4.42. The second kappa shape index (κ2) is 8.02. The van der Waals surface area contributed by atoms with Crippen LogP contribution in [-0.2, 0) is 17.8 Å². The van der Waals surface area contributed by atoms with E-state index in [-0.39, 0.29) is 0 Å². The minimum atomic E-state index is 0.366. The van der Waals surface area contributed by atoms with Crippen molar-refractivity contribution in [3.05, 3.63) is 48.0 Å². The molecule has 5 heteroatoms. The minimum Gasteiger partial charge on any atom is -0.342 e. The zero-order valence-corrected chi connectivity index (χ0v) is 15.4. The van der Waals surface area contributed by atoms with Gasteiger partial charge in [-0.25, -0.2) is 0 Å². The van der Waals surface area contributed by atoms with Gasteiger partial charge in [-0.1, -0.05) is 43.2 Å². The van der Waals surface area contributed by atoms with Crippen molar-refractivity contribution in [1.29, 1.82) is 0 Å². The first kappa shape index (κ1) is 17.3. The first-order valence-corrected chi connectivity index (χ1v) is 9.96. The van der Waals surface area contributed by atoms with Crippen molar-refractivity contribution in [1.82, 2.24) is 19.7 Å². The lowest BCUT2D eigenvalue weighted by atomic mass is 10.0. The van der Waals surface area contributed by atoms with Crippen LogP contribution in [0.5, 0.6) is 0 Å². The predicted octanol–water partition coefficient (Wildman–Crippen LogP) is 3.30. The molecule has 0 spiro atoms. The van der Waals surface area contributed by atoms with Crippen LogP contribution in [0.15, 0.2) is 36.7 Å². The van der Waals surface area contributed by atoms with E-state index in [2.05, 4.69) is 43.9 Å². The van der Waals surface area contributed by atoms with E-state index in [1.165, 1.54) is 31.2 Å². The normalized spacial score (nSPS) is 20.8. The molecule has 2 aliphatic rings. The molecular weight excluding hydrogens is 324 g/mol. The summed E-state index contributed by atoms with van der Waals surface area (Å²) in [4.78, 5) is 14.6. The Morgan fingerprint density at radius 2 is 1.88 bits per heavy atom. The lowest BCUT2D eigenvalue weighted by Crippen LogP contribution is -2.30. The van der Waals surface area contributed by atoms with Crippen molar-refractivity contribution < 1.29 is 4.79 Å². The van der Waals surface area contributed by atoms with E-state index in [9.17, 15) is 4.79 Å². The summed E-state index contributed by atoms with van der Waals surface area (Å²) in [5.41, 5.74) is 1.26. The van der Waals surface area contributed by atoms with Gasteiger partial charge in [-0.2, -0.15) is 0 Å². The smallest absolute Gasteiger partial charge is 0.222 e. The number of aromatic nitrogens is 3. The first-order valence-electron chi connectivity index (χ1n) is 9.96. The van der Waals surface area contributed by atoms with Crippen LogP contribution in [0.4, 0.5) is 0 Å². The number of carbonyl (C=O) groups excluding carboxylic acids is 1. The van der Waals surface area contributed by atoms with Crippen molar-refractivity contribution in [2.24, 2.45) is 11.8 Å². The molecule has 4 rings (SSSR count). The Morgan fingerprint density at radius 1 is 1.08 bits per heavy atom. The Morgan fingerprint density at radius 3 is 2.69 bits per heavy atom. The van der Waals surface area contributed by atoms with Crippen LogP contribution in [0.1, 0.15) is 49.9 Å². The highest BCUT2D eigenvalue weighted by molar-refractivity contribution is 5.76. The van der Waals surface area contributed by atoms with Crippen molar-refractivity contribution in [3.8, 4) is 0 Å². The summed E-state index contributed by atoms with van der Waals surface area (Å²) >= 11 is 0. The third-order valence-electron chi connectivity index (χ3n) is 5.94. The number of nitrogens with zero attached hydrogens (tertiary/aromatic N) is 4. The summed E-state index contributed by atoms with van der Waals surface area (Å²) in [5.74, 6) is 2.53. The fraction of sp³-hybridized carbons (Fsp3) is 0.571. The molecule has 0 N–H and O–H groups in total. The third-order valence-corrected chi connectivity index (χ3v) is 5.94. The molecule has 2 fully saturated rings. The summed E-state index contributed by atoms with van der Waals surface area (Å²) < 4.78 is 2.14.